The van der Waals surface area contributed by atoms with E-state index in [0.717, 1.165) is 28.3 Å². The van der Waals surface area contributed by atoms with Crippen LogP contribution in [0.25, 0.3) is 0 Å². The van der Waals surface area contributed by atoms with E-state index >= 15 is 0 Å². The predicted octanol–water partition coefficient (Wildman–Crippen LogP) is 4.70. The number of aromatic nitrogens is 2. The molecule has 25 heavy (non-hydrogen) atoms. The maximum absolute atomic E-state index is 11.7. The highest BCUT2D eigenvalue weighted by molar-refractivity contribution is 6.30. The van der Waals surface area contributed by atoms with Crippen LogP contribution in [-0.2, 0) is 0 Å². The molecule has 4 fully saturated rings. The number of benzene rings is 1. The molecule has 3 nitrogen and oxygen atoms in total. The molecule has 4 heteroatoms. The first kappa shape index (κ1) is 15.9. The second kappa shape index (κ2) is 5.85. The van der Waals surface area contributed by atoms with Crippen molar-refractivity contribution >= 4 is 11.6 Å². The number of nitrogens with zero attached hydrogens (tertiary/aromatic N) is 2. The largest absolute Gasteiger partial charge is 0.390 e. The van der Waals surface area contributed by atoms with E-state index in [1.54, 1.807) is 6.20 Å². The van der Waals surface area contributed by atoms with Crippen molar-refractivity contribution in [1.29, 1.82) is 0 Å². The topological polar surface area (TPSA) is 38.0 Å². The van der Waals surface area contributed by atoms with Gasteiger partial charge in [-0.3, -0.25) is 0 Å². The van der Waals surface area contributed by atoms with Gasteiger partial charge >= 0.3 is 0 Å². The molecule has 0 amide bonds. The Morgan fingerprint density at radius 2 is 1.80 bits per heavy atom. The first-order valence-electron chi connectivity index (χ1n) is 9.54. The standard InChI is InChI=1S/C21H25ClN2O/c22-18-3-1-2-17(9-18)19(24-5-4-23-13-24)20(25)21-10-14-6-15(11-21)8-16(7-14)12-21/h1-5,9,13-16,19-20,25H,6-8,10-12H2. The van der Waals surface area contributed by atoms with Gasteiger partial charge in [-0.15, -0.1) is 0 Å². The monoisotopic (exact) mass is 356 g/mol. The van der Waals surface area contributed by atoms with Crippen LogP contribution < -0.4 is 0 Å². The van der Waals surface area contributed by atoms with Gasteiger partial charge in [0.1, 0.15) is 0 Å². The first-order valence-corrected chi connectivity index (χ1v) is 9.92. The van der Waals surface area contributed by atoms with Crippen molar-refractivity contribution < 1.29 is 5.11 Å². The van der Waals surface area contributed by atoms with Crippen LogP contribution >= 0.6 is 11.6 Å². The lowest BCUT2D eigenvalue weighted by Crippen LogP contribution is -2.54. The first-order chi connectivity index (χ1) is 12.1. The zero-order valence-electron chi connectivity index (χ0n) is 14.4. The highest BCUT2D eigenvalue weighted by Crippen LogP contribution is 2.62. The Hall–Kier alpha value is -1.32. The second-order valence-electron chi connectivity index (χ2n) is 8.73. The van der Waals surface area contributed by atoms with Gasteiger partial charge in [0.15, 0.2) is 0 Å². The van der Waals surface area contributed by atoms with Gasteiger partial charge in [0, 0.05) is 17.4 Å². The Bertz CT molecular complexity index is 722. The molecule has 0 spiro atoms. The number of imidazole rings is 1. The summed E-state index contributed by atoms with van der Waals surface area (Å²) in [7, 11) is 0. The maximum atomic E-state index is 11.7. The number of rotatable bonds is 4. The van der Waals surface area contributed by atoms with Gasteiger partial charge in [0.05, 0.1) is 18.5 Å². The molecule has 2 aromatic rings. The van der Waals surface area contributed by atoms with Crippen molar-refractivity contribution in [2.45, 2.75) is 50.7 Å². The van der Waals surface area contributed by atoms with Gasteiger partial charge in [-0.2, -0.15) is 0 Å². The summed E-state index contributed by atoms with van der Waals surface area (Å²) in [5, 5.41) is 12.4. The van der Waals surface area contributed by atoms with E-state index in [1.165, 1.54) is 38.5 Å². The SMILES string of the molecule is OC(C(c1cccc(Cl)c1)n1ccnc1)C12CC3CC(CC(C3)C1)C2. The minimum absolute atomic E-state index is 0.0615. The van der Waals surface area contributed by atoms with Gasteiger partial charge in [-0.05, 0) is 79.4 Å². The van der Waals surface area contributed by atoms with E-state index in [2.05, 4.69) is 15.6 Å². The average molecular weight is 357 g/mol. The molecule has 1 aromatic heterocycles. The van der Waals surface area contributed by atoms with Gasteiger partial charge in [0.2, 0.25) is 0 Å². The second-order valence-corrected chi connectivity index (χ2v) is 9.17. The minimum Gasteiger partial charge on any atom is -0.390 e. The summed E-state index contributed by atoms with van der Waals surface area (Å²) in [6.07, 6.45) is 12.9. The van der Waals surface area contributed by atoms with Gasteiger partial charge in [-0.25, -0.2) is 4.98 Å². The lowest BCUT2D eigenvalue weighted by Gasteiger charge is -2.59. The van der Waals surface area contributed by atoms with Crippen LogP contribution in [0.3, 0.4) is 0 Å². The summed E-state index contributed by atoms with van der Waals surface area (Å²) in [6.45, 7) is 0. The molecule has 6 rings (SSSR count). The summed E-state index contributed by atoms with van der Waals surface area (Å²) in [4.78, 5) is 4.24. The predicted molar refractivity (Wildman–Crippen MR) is 98.4 cm³/mol. The van der Waals surface area contributed by atoms with Crippen LogP contribution in [0.1, 0.15) is 50.1 Å². The van der Waals surface area contributed by atoms with E-state index in [-0.39, 0.29) is 11.5 Å². The van der Waals surface area contributed by atoms with Crippen LogP contribution in [0, 0.1) is 23.2 Å². The smallest absolute Gasteiger partial charge is 0.0952 e. The Morgan fingerprint density at radius 1 is 1.12 bits per heavy atom. The third-order valence-electron chi connectivity index (χ3n) is 7.05. The molecule has 1 N–H and O–H groups in total. The molecule has 2 unspecified atom stereocenters. The highest BCUT2D eigenvalue weighted by Gasteiger charge is 2.55. The number of aliphatic hydroxyl groups excluding tert-OH is 1. The Balaban J connectivity index is 1.55. The van der Waals surface area contributed by atoms with E-state index < -0.39 is 6.10 Å². The van der Waals surface area contributed by atoms with Crippen LogP contribution in [0.15, 0.2) is 43.0 Å². The van der Waals surface area contributed by atoms with Crippen molar-refractivity contribution in [3.8, 4) is 0 Å². The van der Waals surface area contributed by atoms with E-state index in [4.69, 9.17) is 11.6 Å². The molecule has 4 bridgehead atoms. The van der Waals surface area contributed by atoms with Crippen molar-refractivity contribution in [2.24, 2.45) is 23.2 Å². The Labute approximate surface area is 154 Å². The van der Waals surface area contributed by atoms with Crippen molar-refractivity contribution in [2.75, 3.05) is 0 Å². The lowest BCUT2D eigenvalue weighted by molar-refractivity contribution is -0.130. The minimum atomic E-state index is -0.395. The fraction of sp³-hybridized carbons (Fsp3) is 0.571. The lowest BCUT2D eigenvalue weighted by atomic mass is 9.47. The van der Waals surface area contributed by atoms with Crippen LogP contribution in [0.4, 0.5) is 0 Å². The molecule has 4 saturated carbocycles. The molecular weight excluding hydrogens is 332 g/mol. The van der Waals surface area contributed by atoms with E-state index in [9.17, 15) is 5.11 Å². The van der Waals surface area contributed by atoms with Gasteiger partial charge < -0.3 is 9.67 Å². The van der Waals surface area contributed by atoms with Crippen molar-refractivity contribution in [3.63, 3.8) is 0 Å². The number of hydrogen-bond donors (Lipinski definition) is 1. The normalized spacial score (nSPS) is 35.7. The summed E-state index contributed by atoms with van der Waals surface area (Å²) < 4.78 is 2.06. The van der Waals surface area contributed by atoms with Crippen LogP contribution in [-0.4, -0.2) is 20.8 Å². The number of halogens is 1. The van der Waals surface area contributed by atoms with E-state index in [1.807, 2.05) is 30.7 Å². The highest BCUT2D eigenvalue weighted by atomic mass is 35.5. The zero-order valence-corrected chi connectivity index (χ0v) is 15.1. The Kier molecular flexibility index (Phi) is 3.72. The summed E-state index contributed by atoms with van der Waals surface area (Å²) >= 11 is 6.27. The molecule has 0 radical (unpaired) electrons. The van der Waals surface area contributed by atoms with Crippen molar-refractivity contribution in [1.82, 2.24) is 9.55 Å². The van der Waals surface area contributed by atoms with Gasteiger partial charge in [-0.1, -0.05) is 23.7 Å². The molecule has 2 atom stereocenters. The van der Waals surface area contributed by atoms with Crippen molar-refractivity contribution in [3.05, 3.63) is 53.6 Å². The Morgan fingerprint density at radius 3 is 2.36 bits per heavy atom. The molecule has 1 aromatic carbocycles. The molecule has 4 aliphatic carbocycles. The summed E-state index contributed by atoms with van der Waals surface area (Å²) in [6, 6.07) is 7.84. The van der Waals surface area contributed by atoms with Crippen LogP contribution in [0.5, 0.6) is 0 Å². The number of hydrogen-bond acceptors (Lipinski definition) is 2. The van der Waals surface area contributed by atoms with Gasteiger partial charge in [0.25, 0.3) is 0 Å². The molecule has 0 aliphatic heterocycles. The van der Waals surface area contributed by atoms with E-state index in [0.29, 0.717) is 0 Å². The summed E-state index contributed by atoms with van der Waals surface area (Å²) in [5.74, 6) is 2.47. The molecule has 1 heterocycles. The number of aliphatic hydroxyl groups is 1. The fourth-order valence-corrected chi connectivity index (χ4v) is 6.72. The van der Waals surface area contributed by atoms with Crippen LogP contribution in [0.2, 0.25) is 5.02 Å². The average Bonchev–Trinajstić information content (AvgIpc) is 3.08. The zero-order chi connectivity index (χ0) is 17.0. The molecule has 132 valence electrons. The fourth-order valence-electron chi connectivity index (χ4n) is 6.52. The third kappa shape index (κ3) is 2.63. The molecule has 0 saturated heterocycles. The maximum Gasteiger partial charge on any atom is 0.0952 e. The quantitative estimate of drug-likeness (QED) is 0.862. The summed E-state index contributed by atoms with van der Waals surface area (Å²) in [5.41, 5.74) is 1.14. The third-order valence-corrected chi connectivity index (χ3v) is 7.28. The molecular formula is C21H25ClN2O. The molecule has 4 aliphatic rings.